The van der Waals surface area contributed by atoms with Gasteiger partial charge in [-0.3, -0.25) is 4.79 Å². The smallest absolute Gasteiger partial charge is 0.224 e. The molecule has 3 heteroatoms. The van der Waals surface area contributed by atoms with Gasteiger partial charge in [0.2, 0.25) is 5.95 Å². The number of benzene rings is 1. The van der Waals surface area contributed by atoms with Crippen LogP contribution in [-0.2, 0) is 0 Å². The molecular formula is C12H8FNO. The molecular weight excluding hydrogens is 193 g/mol. The summed E-state index contributed by atoms with van der Waals surface area (Å²) in [7, 11) is 0. The number of pyridine rings is 1. The maximum Gasteiger partial charge on any atom is 0.224 e. The minimum Gasteiger partial charge on any atom is -0.298 e. The first-order valence-electron chi connectivity index (χ1n) is 4.48. The second kappa shape index (κ2) is 4.00. The van der Waals surface area contributed by atoms with Gasteiger partial charge in [-0.2, -0.15) is 4.39 Å². The normalized spacial score (nSPS) is 9.93. The third-order valence-corrected chi connectivity index (χ3v) is 2.14. The summed E-state index contributed by atoms with van der Waals surface area (Å²) in [6.45, 7) is 0. The third kappa shape index (κ3) is 1.76. The van der Waals surface area contributed by atoms with E-state index < -0.39 is 5.95 Å². The van der Waals surface area contributed by atoms with Crippen molar-refractivity contribution in [3.63, 3.8) is 0 Å². The topological polar surface area (TPSA) is 30.0 Å². The SMILES string of the molecule is O=Cc1c(-c2ccccc2)ccnc1F. The highest BCUT2D eigenvalue weighted by Crippen LogP contribution is 2.22. The van der Waals surface area contributed by atoms with Crippen LogP contribution in [0.4, 0.5) is 4.39 Å². The number of carbonyl (C=O) groups excluding carboxylic acids is 1. The molecule has 0 atom stereocenters. The fraction of sp³-hybridized carbons (Fsp3) is 0. The van der Waals surface area contributed by atoms with Crippen molar-refractivity contribution in [2.45, 2.75) is 0 Å². The molecule has 15 heavy (non-hydrogen) atoms. The maximum absolute atomic E-state index is 13.2. The molecule has 1 aromatic carbocycles. The zero-order valence-corrected chi connectivity index (χ0v) is 7.85. The summed E-state index contributed by atoms with van der Waals surface area (Å²) in [4.78, 5) is 14.2. The first kappa shape index (κ1) is 9.52. The van der Waals surface area contributed by atoms with Crippen LogP contribution >= 0.6 is 0 Å². The van der Waals surface area contributed by atoms with E-state index in [0.29, 0.717) is 11.8 Å². The number of aldehydes is 1. The number of carbonyl (C=O) groups is 1. The molecule has 2 rings (SSSR count). The van der Waals surface area contributed by atoms with Crippen LogP contribution in [0, 0.1) is 5.95 Å². The molecule has 2 aromatic rings. The van der Waals surface area contributed by atoms with Crippen molar-refractivity contribution in [3.05, 3.63) is 54.1 Å². The largest absolute Gasteiger partial charge is 0.298 e. The summed E-state index contributed by atoms with van der Waals surface area (Å²) in [6.07, 6.45) is 1.84. The van der Waals surface area contributed by atoms with Gasteiger partial charge >= 0.3 is 0 Å². The zero-order chi connectivity index (χ0) is 10.7. The lowest BCUT2D eigenvalue weighted by Gasteiger charge is -2.04. The van der Waals surface area contributed by atoms with E-state index in [-0.39, 0.29) is 5.56 Å². The highest BCUT2D eigenvalue weighted by atomic mass is 19.1. The number of rotatable bonds is 2. The average Bonchev–Trinajstić information content (AvgIpc) is 2.30. The van der Waals surface area contributed by atoms with E-state index >= 15 is 0 Å². The van der Waals surface area contributed by atoms with E-state index in [2.05, 4.69) is 4.98 Å². The van der Waals surface area contributed by atoms with Gasteiger partial charge < -0.3 is 0 Å². The van der Waals surface area contributed by atoms with Gasteiger partial charge in [0.15, 0.2) is 6.29 Å². The van der Waals surface area contributed by atoms with E-state index in [9.17, 15) is 9.18 Å². The minimum atomic E-state index is -0.730. The van der Waals surface area contributed by atoms with Gasteiger partial charge in [0.25, 0.3) is 0 Å². The van der Waals surface area contributed by atoms with Gasteiger partial charge in [-0.25, -0.2) is 4.98 Å². The molecule has 0 aliphatic heterocycles. The Labute approximate surface area is 86.4 Å². The number of aromatic nitrogens is 1. The third-order valence-electron chi connectivity index (χ3n) is 2.14. The predicted molar refractivity (Wildman–Crippen MR) is 55.0 cm³/mol. The molecule has 0 fully saturated rings. The standard InChI is InChI=1S/C12H8FNO/c13-12-11(8-15)10(6-7-14-12)9-4-2-1-3-5-9/h1-8H. The van der Waals surface area contributed by atoms with Crippen molar-refractivity contribution in [2.75, 3.05) is 0 Å². The molecule has 0 saturated carbocycles. The first-order chi connectivity index (χ1) is 7.33. The predicted octanol–water partition coefficient (Wildman–Crippen LogP) is 2.70. The van der Waals surface area contributed by atoms with Gasteiger partial charge in [-0.1, -0.05) is 30.3 Å². The monoisotopic (exact) mass is 201 g/mol. The van der Waals surface area contributed by atoms with E-state index in [1.807, 2.05) is 30.3 Å². The summed E-state index contributed by atoms with van der Waals surface area (Å²) in [6, 6.07) is 10.8. The Morgan fingerprint density at radius 1 is 1.13 bits per heavy atom. The lowest BCUT2D eigenvalue weighted by molar-refractivity contribution is 0.111. The summed E-state index contributed by atoms with van der Waals surface area (Å²) in [5.41, 5.74) is 1.38. The Morgan fingerprint density at radius 3 is 2.53 bits per heavy atom. The molecule has 2 nitrogen and oxygen atoms in total. The van der Waals surface area contributed by atoms with Crippen molar-refractivity contribution >= 4 is 6.29 Å². The van der Waals surface area contributed by atoms with Gasteiger partial charge in [0, 0.05) is 6.20 Å². The fourth-order valence-electron chi connectivity index (χ4n) is 1.43. The average molecular weight is 201 g/mol. The summed E-state index contributed by atoms with van der Waals surface area (Å²) >= 11 is 0. The number of hydrogen-bond acceptors (Lipinski definition) is 2. The van der Waals surface area contributed by atoms with Crippen LogP contribution in [-0.4, -0.2) is 11.3 Å². The van der Waals surface area contributed by atoms with Gasteiger partial charge in [-0.05, 0) is 17.2 Å². The molecule has 0 aliphatic rings. The zero-order valence-electron chi connectivity index (χ0n) is 7.85. The lowest BCUT2D eigenvalue weighted by atomic mass is 10.0. The summed E-state index contributed by atoms with van der Waals surface area (Å²) < 4.78 is 13.2. The van der Waals surface area contributed by atoms with Crippen molar-refractivity contribution in [1.29, 1.82) is 0 Å². The highest BCUT2D eigenvalue weighted by molar-refractivity contribution is 5.87. The molecule has 1 aromatic heterocycles. The quantitative estimate of drug-likeness (QED) is 0.552. The number of nitrogens with zero attached hydrogens (tertiary/aromatic N) is 1. The molecule has 0 amide bonds. The Hall–Kier alpha value is -2.03. The van der Waals surface area contributed by atoms with E-state index in [1.54, 1.807) is 6.07 Å². The van der Waals surface area contributed by atoms with Crippen LogP contribution in [0.1, 0.15) is 10.4 Å². The molecule has 0 radical (unpaired) electrons. The van der Waals surface area contributed by atoms with Crippen molar-refractivity contribution in [2.24, 2.45) is 0 Å². The number of hydrogen-bond donors (Lipinski definition) is 0. The highest BCUT2D eigenvalue weighted by Gasteiger charge is 2.09. The van der Waals surface area contributed by atoms with Crippen molar-refractivity contribution in [1.82, 2.24) is 4.98 Å². The van der Waals surface area contributed by atoms with E-state index in [4.69, 9.17) is 0 Å². The van der Waals surface area contributed by atoms with Crippen LogP contribution in [0.25, 0.3) is 11.1 Å². The fourth-order valence-corrected chi connectivity index (χ4v) is 1.43. The second-order valence-corrected chi connectivity index (χ2v) is 3.05. The molecule has 0 spiro atoms. The van der Waals surface area contributed by atoms with Crippen LogP contribution in [0.5, 0.6) is 0 Å². The Kier molecular flexibility index (Phi) is 2.54. The van der Waals surface area contributed by atoms with Crippen molar-refractivity contribution < 1.29 is 9.18 Å². The van der Waals surface area contributed by atoms with Crippen LogP contribution in [0.3, 0.4) is 0 Å². The Balaban J connectivity index is 2.63. The molecule has 0 saturated heterocycles. The number of halogens is 1. The van der Waals surface area contributed by atoms with Gasteiger partial charge in [0.1, 0.15) is 0 Å². The second-order valence-electron chi connectivity index (χ2n) is 3.05. The Bertz CT molecular complexity index is 482. The molecule has 0 unspecified atom stereocenters. The molecule has 1 heterocycles. The summed E-state index contributed by atoms with van der Waals surface area (Å²) in [5, 5.41) is 0. The van der Waals surface area contributed by atoms with Crippen LogP contribution < -0.4 is 0 Å². The minimum absolute atomic E-state index is 0.00343. The van der Waals surface area contributed by atoms with Crippen LogP contribution in [0.15, 0.2) is 42.6 Å². The van der Waals surface area contributed by atoms with Gasteiger partial charge in [-0.15, -0.1) is 0 Å². The lowest BCUT2D eigenvalue weighted by Crippen LogP contribution is -1.95. The summed E-state index contributed by atoms with van der Waals surface area (Å²) in [5.74, 6) is -0.730. The maximum atomic E-state index is 13.2. The molecule has 0 bridgehead atoms. The molecule has 0 N–H and O–H groups in total. The van der Waals surface area contributed by atoms with Gasteiger partial charge in [0.05, 0.1) is 5.56 Å². The van der Waals surface area contributed by atoms with Crippen molar-refractivity contribution in [3.8, 4) is 11.1 Å². The first-order valence-corrected chi connectivity index (χ1v) is 4.48. The van der Waals surface area contributed by atoms with E-state index in [1.165, 1.54) is 6.20 Å². The Morgan fingerprint density at radius 2 is 1.87 bits per heavy atom. The molecule has 0 aliphatic carbocycles. The van der Waals surface area contributed by atoms with Crippen LogP contribution in [0.2, 0.25) is 0 Å². The van der Waals surface area contributed by atoms with E-state index in [0.717, 1.165) is 5.56 Å². The molecule has 74 valence electrons.